The van der Waals surface area contributed by atoms with Crippen LogP contribution in [0.2, 0.25) is 0 Å². The Kier molecular flexibility index (Phi) is 7.25. The van der Waals surface area contributed by atoms with Gasteiger partial charge in [-0.1, -0.05) is 18.2 Å². The van der Waals surface area contributed by atoms with E-state index in [0.717, 1.165) is 23.8 Å². The quantitative estimate of drug-likeness (QED) is 0.457. The molecule has 1 aromatic carbocycles. The van der Waals surface area contributed by atoms with Crippen molar-refractivity contribution in [2.24, 2.45) is 4.99 Å². The van der Waals surface area contributed by atoms with Crippen molar-refractivity contribution >= 4 is 5.96 Å². The largest absolute Gasteiger partial charge is 0.494 e. The molecule has 0 aliphatic rings. The minimum Gasteiger partial charge on any atom is -0.494 e. The van der Waals surface area contributed by atoms with Crippen molar-refractivity contribution < 1.29 is 4.74 Å². The average molecular weight is 275 g/mol. The fourth-order valence-electron chi connectivity index (χ4n) is 1.81. The summed E-state index contributed by atoms with van der Waals surface area (Å²) in [5.41, 5.74) is 2.31. The molecule has 0 radical (unpaired) electrons. The van der Waals surface area contributed by atoms with Crippen LogP contribution in [0.25, 0.3) is 0 Å². The standard InChI is InChI=1S/C16H25N3O/c1-5-10-18-16(17-6-2)19-12-14-8-9-15(20-7-3)13(4)11-14/h5,8-9,11H,1,6-7,10,12H2,2-4H3,(H2,17,18,19). The molecule has 0 fully saturated rings. The zero-order valence-corrected chi connectivity index (χ0v) is 12.7. The molecule has 1 rings (SSSR count). The predicted molar refractivity (Wildman–Crippen MR) is 85.4 cm³/mol. The van der Waals surface area contributed by atoms with Crippen LogP contribution in [0.4, 0.5) is 0 Å². The molecule has 0 saturated carbocycles. The molecule has 0 bridgehead atoms. The molecular formula is C16H25N3O. The number of ether oxygens (including phenoxy) is 1. The van der Waals surface area contributed by atoms with Gasteiger partial charge in [-0.2, -0.15) is 0 Å². The van der Waals surface area contributed by atoms with Gasteiger partial charge in [0.1, 0.15) is 5.75 Å². The van der Waals surface area contributed by atoms with E-state index >= 15 is 0 Å². The number of guanidine groups is 1. The number of hydrogen-bond donors (Lipinski definition) is 2. The topological polar surface area (TPSA) is 45.7 Å². The lowest BCUT2D eigenvalue weighted by molar-refractivity contribution is 0.338. The van der Waals surface area contributed by atoms with Crippen molar-refractivity contribution in [2.75, 3.05) is 19.7 Å². The number of nitrogens with zero attached hydrogens (tertiary/aromatic N) is 1. The third-order valence-corrected chi connectivity index (χ3v) is 2.72. The van der Waals surface area contributed by atoms with Gasteiger partial charge >= 0.3 is 0 Å². The first-order valence-corrected chi connectivity index (χ1v) is 7.06. The van der Waals surface area contributed by atoms with Crippen molar-refractivity contribution in [1.82, 2.24) is 10.6 Å². The molecule has 0 aromatic heterocycles. The molecule has 4 nitrogen and oxygen atoms in total. The zero-order valence-electron chi connectivity index (χ0n) is 12.7. The summed E-state index contributed by atoms with van der Waals surface area (Å²) in [5, 5.41) is 6.38. The first kappa shape index (κ1) is 16.1. The van der Waals surface area contributed by atoms with E-state index in [-0.39, 0.29) is 0 Å². The molecule has 0 aliphatic carbocycles. The number of aryl methyl sites for hydroxylation is 1. The van der Waals surface area contributed by atoms with Gasteiger partial charge in [-0.25, -0.2) is 4.99 Å². The Morgan fingerprint density at radius 3 is 2.75 bits per heavy atom. The van der Waals surface area contributed by atoms with Gasteiger partial charge in [-0.05, 0) is 38.0 Å². The molecule has 2 N–H and O–H groups in total. The lowest BCUT2D eigenvalue weighted by atomic mass is 10.1. The number of benzene rings is 1. The highest BCUT2D eigenvalue weighted by Gasteiger charge is 2.01. The van der Waals surface area contributed by atoms with Crippen LogP contribution >= 0.6 is 0 Å². The van der Waals surface area contributed by atoms with Crippen LogP contribution in [0.1, 0.15) is 25.0 Å². The first-order valence-electron chi connectivity index (χ1n) is 7.06. The summed E-state index contributed by atoms with van der Waals surface area (Å²) >= 11 is 0. The molecule has 0 unspecified atom stereocenters. The Morgan fingerprint density at radius 2 is 2.15 bits per heavy atom. The van der Waals surface area contributed by atoms with E-state index in [0.29, 0.717) is 19.7 Å². The minimum atomic E-state index is 0.639. The normalized spacial score (nSPS) is 11.1. The van der Waals surface area contributed by atoms with Gasteiger partial charge in [0.25, 0.3) is 0 Å². The highest BCUT2D eigenvalue weighted by Crippen LogP contribution is 2.19. The van der Waals surface area contributed by atoms with Gasteiger partial charge < -0.3 is 15.4 Å². The van der Waals surface area contributed by atoms with E-state index in [4.69, 9.17) is 4.74 Å². The van der Waals surface area contributed by atoms with Crippen LogP contribution < -0.4 is 15.4 Å². The third kappa shape index (κ3) is 5.34. The SMILES string of the molecule is C=CCNC(=NCc1ccc(OCC)c(C)c1)NCC. The van der Waals surface area contributed by atoms with E-state index in [2.05, 4.69) is 41.3 Å². The molecule has 20 heavy (non-hydrogen) atoms. The summed E-state index contributed by atoms with van der Waals surface area (Å²) in [7, 11) is 0. The molecule has 0 aliphatic heterocycles. The lowest BCUT2D eigenvalue weighted by Crippen LogP contribution is -2.37. The molecule has 110 valence electrons. The number of aliphatic imine (C=N–C) groups is 1. The number of rotatable bonds is 7. The van der Waals surface area contributed by atoms with Gasteiger partial charge in [0, 0.05) is 13.1 Å². The maximum absolute atomic E-state index is 5.54. The second-order valence-electron chi connectivity index (χ2n) is 4.40. The summed E-state index contributed by atoms with van der Waals surface area (Å²) in [4.78, 5) is 4.54. The van der Waals surface area contributed by atoms with Crippen LogP contribution in [-0.2, 0) is 6.54 Å². The van der Waals surface area contributed by atoms with E-state index in [9.17, 15) is 0 Å². The van der Waals surface area contributed by atoms with Crippen molar-refractivity contribution in [3.05, 3.63) is 42.0 Å². The summed E-state index contributed by atoms with van der Waals surface area (Å²) in [6, 6.07) is 6.18. The molecule has 1 aromatic rings. The van der Waals surface area contributed by atoms with Crippen molar-refractivity contribution in [3.63, 3.8) is 0 Å². The monoisotopic (exact) mass is 275 g/mol. The lowest BCUT2D eigenvalue weighted by Gasteiger charge is -2.10. The molecule has 0 amide bonds. The van der Waals surface area contributed by atoms with Crippen molar-refractivity contribution in [1.29, 1.82) is 0 Å². The van der Waals surface area contributed by atoms with Gasteiger partial charge in [0.2, 0.25) is 0 Å². The van der Waals surface area contributed by atoms with Crippen LogP contribution in [0, 0.1) is 6.92 Å². The summed E-state index contributed by atoms with van der Waals surface area (Å²) in [6.45, 7) is 12.7. The van der Waals surface area contributed by atoms with Crippen LogP contribution in [0.5, 0.6) is 5.75 Å². The zero-order chi connectivity index (χ0) is 14.8. The van der Waals surface area contributed by atoms with E-state index in [1.165, 1.54) is 5.56 Å². The third-order valence-electron chi connectivity index (χ3n) is 2.72. The Balaban J connectivity index is 2.70. The van der Waals surface area contributed by atoms with Crippen LogP contribution in [0.15, 0.2) is 35.8 Å². The van der Waals surface area contributed by atoms with Crippen LogP contribution in [0.3, 0.4) is 0 Å². The van der Waals surface area contributed by atoms with E-state index in [1.807, 2.05) is 26.0 Å². The maximum Gasteiger partial charge on any atom is 0.191 e. The Hall–Kier alpha value is -1.97. The molecular weight excluding hydrogens is 250 g/mol. The summed E-state index contributed by atoms with van der Waals surface area (Å²) in [5.74, 6) is 1.75. The smallest absolute Gasteiger partial charge is 0.191 e. The number of hydrogen-bond acceptors (Lipinski definition) is 2. The van der Waals surface area contributed by atoms with Crippen LogP contribution in [-0.4, -0.2) is 25.7 Å². The minimum absolute atomic E-state index is 0.639. The maximum atomic E-state index is 5.54. The second-order valence-corrected chi connectivity index (χ2v) is 4.40. The van der Waals surface area contributed by atoms with Gasteiger partial charge in [0.15, 0.2) is 5.96 Å². The van der Waals surface area contributed by atoms with Gasteiger partial charge in [-0.15, -0.1) is 6.58 Å². The Bertz CT molecular complexity index is 455. The molecule has 0 spiro atoms. The summed E-state index contributed by atoms with van der Waals surface area (Å²) < 4.78 is 5.54. The van der Waals surface area contributed by atoms with Gasteiger partial charge in [0.05, 0.1) is 13.2 Å². The van der Waals surface area contributed by atoms with E-state index < -0.39 is 0 Å². The van der Waals surface area contributed by atoms with E-state index in [1.54, 1.807) is 0 Å². The highest BCUT2D eigenvalue weighted by molar-refractivity contribution is 5.79. The number of nitrogens with one attached hydrogen (secondary N) is 2. The summed E-state index contributed by atoms with van der Waals surface area (Å²) in [6.07, 6.45) is 1.81. The van der Waals surface area contributed by atoms with Crippen molar-refractivity contribution in [2.45, 2.75) is 27.3 Å². The Labute approximate surface area is 121 Å². The Morgan fingerprint density at radius 1 is 1.35 bits per heavy atom. The predicted octanol–water partition coefficient (Wildman–Crippen LogP) is 2.63. The highest BCUT2D eigenvalue weighted by atomic mass is 16.5. The molecule has 0 heterocycles. The second kappa shape index (κ2) is 9.02. The van der Waals surface area contributed by atoms with Crippen molar-refractivity contribution in [3.8, 4) is 5.75 Å². The fourth-order valence-corrected chi connectivity index (χ4v) is 1.81. The fraction of sp³-hybridized carbons (Fsp3) is 0.438. The molecule has 4 heteroatoms. The first-order chi connectivity index (χ1) is 9.71. The average Bonchev–Trinajstić information content (AvgIpc) is 2.45. The molecule has 0 saturated heterocycles. The molecule has 0 atom stereocenters. The van der Waals surface area contributed by atoms with Gasteiger partial charge in [-0.3, -0.25) is 0 Å².